The molecule has 35 heavy (non-hydrogen) atoms. The van der Waals surface area contributed by atoms with Crippen molar-refractivity contribution in [3.63, 3.8) is 0 Å². The van der Waals surface area contributed by atoms with Gasteiger partial charge in [-0.3, -0.25) is 4.79 Å². The number of halogens is 1. The monoisotopic (exact) mass is 518 g/mol. The topological polar surface area (TPSA) is 69.0 Å². The first-order chi connectivity index (χ1) is 17.0. The summed E-state index contributed by atoms with van der Waals surface area (Å²) in [6.45, 7) is 6.12. The minimum absolute atomic E-state index is 0.260. The van der Waals surface area contributed by atoms with Crippen molar-refractivity contribution in [2.75, 3.05) is 23.3 Å². The van der Waals surface area contributed by atoms with Crippen molar-refractivity contribution < 1.29 is 4.79 Å². The second-order valence-corrected chi connectivity index (χ2v) is 9.95. The van der Waals surface area contributed by atoms with Crippen molar-refractivity contribution in [3.8, 4) is 16.6 Å². The Kier molecular flexibility index (Phi) is 7.98. The predicted molar refractivity (Wildman–Crippen MR) is 148 cm³/mol. The van der Waals surface area contributed by atoms with E-state index in [0.29, 0.717) is 31.9 Å². The van der Waals surface area contributed by atoms with E-state index in [2.05, 4.69) is 42.3 Å². The molecule has 0 saturated carbocycles. The summed E-state index contributed by atoms with van der Waals surface area (Å²) in [5, 5.41) is 16.6. The molecule has 5 nitrogen and oxygen atoms in total. The average Bonchev–Trinajstić information content (AvgIpc) is 3.55. The lowest BCUT2D eigenvalue weighted by molar-refractivity contribution is 0.102. The van der Waals surface area contributed by atoms with Crippen LogP contribution in [0.5, 0.6) is 0 Å². The minimum atomic E-state index is -0.260. The zero-order chi connectivity index (χ0) is 24.8. The molecular weight excluding hydrogens is 496 g/mol. The number of hydrogen-bond acceptors (Lipinski definition) is 6. The second kappa shape index (κ2) is 11.3. The van der Waals surface area contributed by atoms with Crippen LogP contribution in [0.2, 0.25) is 5.02 Å². The molecule has 0 unspecified atom stereocenters. The van der Waals surface area contributed by atoms with Crippen LogP contribution in [-0.4, -0.2) is 24.0 Å². The van der Waals surface area contributed by atoms with E-state index in [1.807, 2.05) is 35.7 Å². The number of carbonyl (C=O) groups excluding carboxylic acids is 1. The van der Waals surface area contributed by atoms with Gasteiger partial charge < -0.3 is 10.2 Å². The van der Waals surface area contributed by atoms with Crippen LogP contribution in [0.4, 0.5) is 10.7 Å². The van der Waals surface area contributed by atoms with Crippen LogP contribution in [0.25, 0.3) is 22.2 Å². The Bertz CT molecular complexity index is 1360. The summed E-state index contributed by atoms with van der Waals surface area (Å²) in [5.41, 5.74) is 3.64. The molecule has 0 spiro atoms. The Morgan fingerprint density at radius 3 is 2.43 bits per heavy atom. The number of nitriles is 1. The molecule has 176 valence electrons. The third kappa shape index (κ3) is 5.80. The lowest BCUT2D eigenvalue weighted by Crippen LogP contribution is -2.21. The van der Waals surface area contributed by atoms with Gasteiger partial charge in [-0.1, -0.05) is 41.1 Å². The highest BCUT2D eigenvalue weighted by molar-refractivity contribution is 7.19. The summed E-state index contributed by atoms with van der Waals surface area (Å²) < 4.78 is 0. The van der Waals surface area contributed by atoms with E-state index in [-0.39, 0.29) is 5.91 Å². The average molecular weight is 519 g/mol. The maximum absolute atomic E-state index is 12.9. The van der Waals surface area contributed by atoms with Gasteiger partial charge in [-0.2, -0.15) is 5.26 Å². The summed E-state index contributed by atoms with van der Waals surface area (Å²) in [6, 6.07) is 21.0. The number of benzene rings is 2. The minimum Gasteiger partial charge on any atom is -0.372 e. The normalized spacial score (nSPS) is 11.2. The Balaban J connectivity index is 1.66. The van der Waals surface area contributed by atoms with E-state index in [9.17, 15) is 10.1 Å². The van der Waals surface area contributed by atoms with Gasteiger partial charge in [-0.25, -0.2) is 4.98 Å². The molecule has 0 aliphatic heterocycles. The molecule has 2 heterocycles. The van der Waals surface area contributed by atoms with E-state index < -0.39 is 0 Å². The molecule has 4 aromatic rings. The van der Waals surface area contributed by atoms with Gasteiger partial charge in [0.2, 0.25) is 0 Å². The molecule has 0 atom stereocenters. The molecule has 2 aromatic heterocycles. The Labute approximate surface area is 218 Å². The first kappa shape index (κ1) is 24.7. The number of aromatic nitrogens is 1. The van der Waals surface area contributed by atoms with Crippen LogP contribution in [0, 0.1) is 11.3 Å². The lowest BCUT2D eigenvalue weighted by atomic mass is 10.1. The molecule has 1 amide bonds. The van der Waals surface area contributed by atoms with Crippen molar-refractivity contribution in [1.29, 1.82) is 5.26 Å². The number of nitrogens with zero attached hydrogens (tertiary/aromatic N) is 3. The molecule has 8 heteroatoms. The Morgan fingerprint density at radius 2 is 1.83 bits per heavy atom. The van der Waals surface area contributed by atoms with Gasteiger partial charge in [0.1, 0.15) is 21.8 Å². The third-order valence-corrected chi connectivity index (χ3v) is 7.53. The van der Waals surface area contributed by atoms with E-state index in [1.165, 1.54) is 22.7 Å². The number of amides is 1. The standard InChI is InChI=1S/C27H23ClN4OS2/c1-3-32(4-2)22-13-7-18(8-14-22)16-20(17-29)26-30-24(23-6-5-15-34-23)27(35-26)31-25(33)19-9-11-21(28)12-10-19/h5-16H,3-4H2,1-2H3,(H,31,33)/b20-16-. The van der Waals surface area contributed by atoms with Gasteiger partial charge in [0, 0.05) is 29.4 Å². The number of carbonyl (C=O) groups is 1. The van der Waals surface area contributed by atoms with E-state index >= 15 is 0 Å². The number of thiazole rings is 1. The molecular formula is C27H23ClN4OS2. The van der Waals surface area contributed by atoms with E-state index in [4.69, 9.17) is 16.6 Å². The number of anilines is 2. The SMILES string of the molecule is CCN(CC)c1ccc(/C=C(/C#N)c2nc(-c3cccs3)c(NC(=O)c3ccc(Cl)cc3)s2)cc1. The van der Waals surface area contributed by atoms with E-state index in [1.54, 1.807) is 24.3 Å². The molecule has 0 saturated heterocycles. The van der Waals surface area contributed by atoms with Gasteiger partial charge >= 0.3 is 0 Å². The van der Waals surface area contributed by atoms with Crippen molar-refractivity contribution in [2.24, 2.45) is 0 Å². The highest BCUT2D eigenvalue weighted by Crippen LogP contribution is 2.38. The maximum atomic E-state index is 12.9. The molecule has 4 rings (SSSR count). The highest BCUT2D eigenvalue weighted by atomic mass is 35.5. The fourth-order valence-electron chi connectivity index (χ4n) is 3.56. The molecule has 0 aliphatic carbocycles. The summed E-state index contributed by atoms with van der Waals surface area (Å²) in [5.74, 6) is -0.260. The van der Waals surface area contributed by atoms with Crippen molar-refractivity contribution in [3.05, 3.63) is 87.2 Å². The quantitative estimate of drug-likeness (QED) is 0.243. The number of allylic oxidation sites excluding steroid dienone is 1. The molecule has 0 aliphatic rings. The lowest BCUT2D eigenvalue weighted by Gasteiger charge is -2.20. The summed E-state index contributed by atoms with van der Waals surface area (Å²) in [7, 11) is 0. The number of hydrogen-bond donors (Lipinski definition) is 1. The Hall–Kier alpha value is -3.44. The smallest absolute Gasteiger partial charge is 0.256 e. The summed E-state index contributed by atoms with van der Waals surface area (Å²) >= 11 is 8.77. The van der Waals surface area contributed by atoms with Crippen LogP contribution >= 0.6 is 34.3 Å². The van der Waals surface area contributed by atoms with E-state index in [0.717, 1.165) is 29.2 Å². The van der Waals surface area contributed by atoms with Gasteiger partial charge in [0.05, 0.1) is 10.5 Å². The summed E-state index contributed by atoms with van der Waals surface area (Å²) in [4.78, 5) is 20.8. The van der Waals surface area contributed by atoms with Crippen LogP contribution in [0.1, 0.15) is 34.8 Å². The summed E-state index contributed by atoms with van der Waals surface area (Å²) in [6.07, 6.45) is 1.83. The largest absolute Gasteiger partial charge is 0.372 e. The molecule has 0 fully saturated rings. The molecule has 0 bridgehead atoms. The predicted octanol–water partition coefficient (Wildman–Crippen LogP) is 7.69. The highest BCUT2D eigenvalue weighted by Gasteiger charge is 2.19. The number of nitrogens with one attached hydrogen (secondary N) is 1. The Morgan fingerprint density at radius 1 is 1.11 bits per heavy atom. The van der Waals surface area contributed by atoms with Gasteiger partial charge in [0.15, 0.2) is 0 Å². The molecule has 1 N–H and O–H groups in total. The van der Waals surface area contributed by atoms with Gasteiger partial charge in [0.25, 0.3) is 5.91 Å². The van der Waals surface area contributed by atoms with Crippen LogP contribution in [-0.2, 0) is 0 Å². The zero-order valence-corrected chi connectivity index (χ0v) is 21.7. The third-order valence-electron chi connectivity index (χ3n) is 5.40. The van der Waals surface area contributed by atoms with Gasteiger partial charge in [-0.15, -0.1) is 11.3 Å². The van der Waals surface area contributed by atoms with Crippen molar-refractivity contribution >= 4 is 62.5 Å². The number of rotatable bonds is 8. The second-order valence-electron chi connectivity index (χ2n) is 7.57. The van der Waals surface area contributed by atoms with Gasteiger partial charge in [-0.05, 0) is 73.3 Å². The van der Waals surface area contributed by atoms with Crippen molar-refractivity contribution in [1.82, 2.24) is 4.98 Å². The first-order valence-corrected chi connectivity index (χ1v) is 13.2. The number of thiophene rings is 1. The first-order valence-electron chi connectivity index (χ1n) is 11.1. The fraction of sp³-hybridized carbons (Fsp3) is 0.148. The van der Waals surface area contributed by atoms with Crippen LogP contribution in [0.15, 0.2) is 66.0 Å². The van der Waals surface area contributed by atoms with Crippen LogP contribution in [0.3, 0.4) is 0 Å². The maximum Gasteiger partial charge on any atom is 0.256 e. The molecule has 0 radical (unpaired) electrons. The molecule has 2 aromatic carbocycles. The zero-order valence-electron chi connectivity index (χ0n) is 19.3. The fourth-order valence-corrected chi connectivity index (χ4v) is 5.41. The van der Waals surface area contributed by atoms with Crippen molar-refractivity contribution in [2.45, 2.75) is 13.8 Å². The van der Waals surface area contributed by atoms with Crippen LogP contribution < -0.4 is 10.2 Å².